The molecule has 2 fully saturated rings. The molecule has 0 bridgehead atoms. The van der Waals surface area contributed by atoms with Crippen LogP contribution in [0.3, 0.4) is 0 Å². The molecule has 5 N–H and O–H groups in total. The second-order valence-electron chi connectivity index (χ2n) is 11.2. The first-order valence-electron chi connectivity index (χ1n) is 11.9. The van der Waals surface area contributed by atoms with Gasteiger partial charge in [-0.05, 0) is 54.4 Å². The Morgan fingerprint density at radius 3 is 2.09 bits per heavy atom. The second kappa shape index (κ2) is 11.4. The highest BCUT2D eigenvalue weighted by molar-refractivity contribution is 5.68. The number of alkyl carbamates (subject to hydrolysis) is 2. The molecule has 0 radical (unpaired) electrons. The molecule has 8 atom stereocenters. The van der Waals surface area contributed by atoms with E-state index in [-0.39, 0.29) is 19.1 Å². The van der Waals surface area contributed by atoms with E-state index in [1.54, 1.807) is 48.5 Å². The van der Waals surface area contributed by atoms with Crippen LogP contribution in [-0.4, -0.2) is 88.1 Å². The van der Waals surface area contributed by atoms with Gasteiger partial charge in [-0.15, -0.1) is 0 Å². The van der Waals surface area contributed by atoms with Crippen LogP contribution in [0, 0.1) is 5.92 Å². The van der Waals surface area contributed by atoms with Gasteiger partial charge in [-0.25, -0.2) is 9.59 Å². The zero-order valence-electron chi connectivity index (χ0n) is 21.2. The largest absolute Gasteiger partial charge is 0.444 e. The van der Waals surface area contributed by atoms with Crippen LogP contribution in [-0.2, 0) is 18.9 Å². The molecule has 2 unspecified atom stereocenters. The van der Waals surface area contributed by atoms with Crippen molar-refractivity contribution >= 4 is 12.2 Å². The number of aliphatic hydroxyl groups is 3. The quantitative estimate of drug-likeness (QED) is 0.384. The first-order chi connectivity index (χ1) is 15.6. The number of rotatable bonds is 5. The van der Waals surface area contributed by atoms with E-state index in [0.29, 0.717) is 12.8 Å². The van der Waals surface area contributed by atoms with Crippen molar-refractivity contribution in [3.8, 4) is 0 Å². The molecule has 11 nitrogen and oxygen atoms in total. The average Bonchev–Trinajstić information content (AvgIpc) is 2.67. The highest BCUT2D eigenvalue weighted by atomic mass is 16.7. The Balaban J connectivity index is 1.89. The Labute approximate surface area is 201 Å². The minimum absolute atomic E-state index is 0.0745. The van der Waals surface area contributed by atoms with Gasteiger partial charge in [-0.1, -0.05) is 6.92 Å². The lowest BCUT2D eigenvalue weighted by molar-refractivity contribution is -0.291. The van der Waals surface area contributed by atoms with Crippen LogP contribution in [0.25, 0.3) is 0 Å². The summed E-state index contributed by atoms with van der Waals surface area (Å²) < 4.78 is 22.4. The molecule has 0 aromatic heterocycles. The number of carbonyl (C=O) groups is 2. The summed E-state index contributed by atoms with van der Waals surface area (Å²) in [5.41, 5.74) is -1.31. The first-order valence-corrected chi connectivity index (χ1v) is 11.9. The lowest BCUT2D eigenvalue weighted by atomic mass is 9.89. The van der Waals surface area contributed by atoms with E-state index in [0.717, 1.165) is 0 Å². The summed E-state index contributed by atoms with van der Waals surface area (Å²) >= 11 is 0. The van der Waals surface area contributed by atoms with Gasteiger partial charge in [0.2, 0.25) is 0 Å². The van der Waals surface area contributed by atoms with Crippen LogP contribution in [0.2, 0.25) is 0 Å². The van der Waals surface area contributed by atoms with Crippen molar-refractivity contribution in [1.29, 1.82) is 0 Å². The fraction of sp³-hybridized carbons (Fsp3) is 0.913. The fourth-order valence-electron chi connectivity index (χ4n) is 3.94. The Kier molecular flexibility index (Phi) is 9.57. The number of amides is 2. The number of carbonyl (C=O) groups excluding carboxylic acids is 2. The lowest BCUT2D eigenvalue weighted by Gasteiger charge is -2.43. The van der Waals surface area contributed by atoms with Gasteiger partial charge in [-0.2, -0.15) is 0 Å². The molecule has 198 valence electrons. The van der Waals surface area contributed by atoms with Crippen molar-refractivity contribution in [3.05, 3.63) is 0 Å². The van der Waals surface area contributed by atoms with Gasteiger partial charge in [0.25, 0.3) is 0 Å². The minimum Gasteiger partial charge on any atom is -0.444 e. The van der Waals surface area contributed by atoms with Crippen molar-refractivity contribution in [1.82, 2.24) is 10.6 Å². The van der Waals surface area contributed by atoms with E-state index in [9.17, 15) is 24.9 Å². The molecular weight excluding hydrogens is 448 g/mol. The van der Waals surface area contributed by atoms with E-state index < -0.39 is 66.1 Å². The molecule has 1 aliphatic heterocycles. The molecule has 34 heavy (non-hydrogen) atoms. The number of nitrogens with one attached hydrogen (secondary N) is 2. The van der Waals surface area contributed by atoms with Crippen LogP contribution >= 0.6 is 0 Å². The number of ether oxygens (including phenoxy) is 4. The molecular formula is C23H42N2O9. The summed E-state index contributed by atoms with van der Waals surface area (Å²) in [7, 11) is 0. The standard InChI is InChI=1S/C23H42N2O9/c1-12-17(27)18(28)16(11-24-20(29)33-22(2,3)4)32-19(12)31-13-8-9-14(15(26)10-13)25-21(30)34-23(5,6)7/h12-19,26-28H,8-11H2,1-7H3,(H,24,29)(H,25,30)/t12?,13?,14-,15-,16-,17-,18-,19+/m1/s1. The van der Waals surface area contributed by atoms with Crippen LogP contribution < -0.4 is 10.6 Å². The van der Waals surface area contributed by atoms with Gasteiger partial charge in [0.05, 0.1) is 24.4 Å². The summed E-state index contributed by atoms with van der Waals surface area (Å²) in [4.78, 5) is 24.0. The maximum Gasteiger partial charge on any atom is 0.407 e. The molecule has 0 aromatic carbocycles. The van der Waals surface area contributed by atoms with Gasteiger partial charge in [0.15, 0.2) is 6.29 Å². The molecule has 1 heterocycles. The van der Waals surface area contributed by atoms with Gasteiger partial charge in [-0.3, -0.25) is 0 Å². The second-order valence-corrected chi connectivity index (χ2v) is 11.2. The maximum absolute atomic E-state index is 12.0. The SMILES string of the molecule is CC1[C@@H](OC2CC[C@@H](NC(=O)OC(C)(C)C)[C@H](O)C2)O[C@H](CNC(=O)OC(C)(C)C)[C@@H](O)[C@@H]1O. The highest BCUT2D eigenvalue weighted by Crippen LogP contribution is 2.31. The van der Waals surface area contributed by atoms with Gasteiger partial charge in [0, 0.05) is 18.9 Å². The van der Waals surface area contributed by atoms with E-state index in [1.165, 1.54) is 0 Å². The summed E-state index contributed by atoms with van der Waals surface area (Å²) in [6.45, 7) is 12.1. The Hall–Kier alpha value is -1.66. The van der Waals surface area contributed by atoms with Crippen molar-refractivity contribution in [2.24, 2.45) is 5.92 Å². The van der Waals surface area contributed by atoms with E-state index in [2.05, 4.69) is 10.6 Å². The average molecular weight is 491 g/mol. The van der Waals surface area contributed by atoms with E-state index >= 15 is 0 Å². The van der Waals surface area contributed by atoms with Crippen LogP contribution in [0.4, 0.5) is 9.59 Å². The monoisotopic (exact) mass is 490 g/mol. The topological polar surface area (TPSA) is 156 Å². The summed E-state index contributed by atoms with van der Waals surface area (Å²) in [6, 6.07) is -0.461. The molecule has 2 aliphatic rings. The van der Waals surface area contributed by atoms with Crippen LogP contribution in [0.5, 0.6) is 0 Å². The van der Waals surface area contributed by atoms with Gasteiger partial charge < -0.3 is 44.9 Å². The third kappa shape index (κ3) is 8.84. The molecule has 0 aromatic rings. The van der Waals surface area contributed by atoms with Crippen molar-refractivity contribution in [2.75, 3.05) is 6.54 Å². The maximum atomic E-state index is 12.0. The molecule has 11 heteroatoms. The lowest BCUT2D eigenvalue weighted by Crippen LogP contribution is -2.58. The molecule has 1 saturated carbocycles. The summed E-state index contributed by atoms with van der Waals surface area (Å²) in [6.07, 6.45) is -5.28. The number of hydrogen-bond donors (Lipinski definition) is 5. The van der Waals surface area contributed by atoms with Gasteiger partial charge in [0.1, 0.15) is 23.4 Å². The predicted octanol–water partition coefficient (Wildman–Crippen LogP) is 1.42. The number of aliphatic hydroxyl groups excluding tert-OH is 3. The molecule has 2 rings (SSSR count). The Morgan fingerprint density at radius 1 is 0.941 bits per heavy atom. The third-order valence-corrected chi connectivity index (χ3v) is 5.65. The highest BCUT2D eigenvalue weighted by Gasteiger charge is 2.44. The minimum atomic E-state index is -1.22. The fourth-order valence-corrected chi connectivity index (χ4v) is 3.94. The normalized spacial score (nSPS) is 34.8. The van der Waals surface area contributed by atoms with Crippen molar-refractivity contribution in [2.45, 2.75) is 122 Å². The third-order valence-electron chi connectivity index (χ3n) is 5.65. The first kappa shape index (κ1) is 28.6. The summed E-state index contributed by atoms with van der Waals surface area (Å²) in [5, 5.41) is 36.7. The predicted molar refractivity (Wildman–Crippen MR) is 122 cm³/mol. The van der Waals surface area contributed by atoms with Crippen LogP contribution in [0.1, 0.15) is 67.7 Å². The Morgan fingerprint density at radius 2 is 1.53 bits per heavy atom. The molecule has 0 spiro atoms. The van der Waals surface area contributed by atoms with Crippen molar-refractivity contribution < 1.29 is 43.9 Å². The van der Waals surface area contributed by atoms with E-state index in [4.69, 9.17) is 18.9 Å². The smallest absolute Gasteiger partial charge is 0.407 e. The van der Waals surface area contributed by atoms with E-state index in [1.807, 2.05) is 0 Å². The van der Waals surface area contributed by atoms with Crippen LogP contribution in [0.15, 0.2) is 0 Å². The zero-order chi connectivity index (χ0) is 25.8. The van der Waals surface area contributed by atoms with Crippen molar-refractivity contribution in [3.63, 3.8) is 0 Å². The zero-order valence-corrected chi connectivity index (χ0v) is 21.2. The molecule has 1 aliphatic carbocycles. The number of hydrogen-bond acceptors (Lipinski definition) is 9. The van der Waals surface area contributed by atoms with Gasteiger partial charge >= 0.3 is 12.2 Å². The molecule has 1 saturated heterocycles. The summed E-state index contributed by atoms with van der Waals surface area (Å²) in [5.74, 6) is -0.539. The Bertz CT molecular complexity index is 691. The molecule has 2 amide bonds.